The fourth-order valence-corrected chi connectivity index (χ4v) is 7.03. The molecule has 3 amide bonds. The molecule has 0 aromatic heterocycles. The minimum Gasteiger partial charge on any atom is -0.507 e. The van der Waals surface area contributed by atoms with E-state index in [1.165, 1.54) is 0 Å². The first-order chi connectivity index (χ1) is 20.0. The zero-order valence-corrected chi connectivity index (χ0v) is 24.8. The Balaban J connectivity index is 1.50. The normalized spacial score (nSPS) is 24.3. The van der Waals surface area contributed by atoms with Gasteiger partial charge in [-0.15, -0.1) is 0 Å². The van der Waals surface area contributed by atoms with Crippen molar-refractivity contribution >= 4 is 36.7 Å². The van der Waals surface area contributed by atoms with Crippen LogP contribution in [0.4, 0.5) is 4.79 Å². The van der Waals surface area contributed by atoms with Crippen molar-refractivity contribution in [2.24, 2.45) is 23.7 Å². The van der Waals surface area contributed by atoms with Crippen molar-refractivity contribution in [3.05, 3.63) is 75.9 Å². The van der Waals surface area contributed by atoms with Crippen LogP contribution in [0.25, 0.3) is 11.6 Å². The largest absolute Gasteiger partial charge is 0.507 e. The molecule has 0 unspecified atom stereocenters. The van der Waals surface area contributed by atoms with Crippen LogP contribution in [0.5, 0.6) is 5.75 Å². The Morgan fingerprint density at radius 2 is 1.79 bits per heavy atom. The Bertz CT molecular complexity index is 1440. The van der Waals surface area contributed by atoms with E-state index in [9.17, 15) is 24.5 Å². The number of amides is 3. The lowest BCUT2D eigenvalue weighted by atomic mass is 9.57. The van der Waals surface area contributed by atoms with Crippen molar-refractivity contribution in [3.63, 3.8) is 0 Å². The van der Waals surface area contributed by atoms with E-state index >= 15 is 0 Å². The van der Waals surface area contributed by atoms with Gasteiger partial charge >= 0.3 is 13.2 Å². The highest BCUT2D eigenvalue weighted by atomic mass is 16.5. The van der Waals surface area contributed by atoms with Gasteiger partial charge in [-0.2, -0.15) is 4.90 Å². The summed E-state index contributed by atoms with van der Waals surface area (Å²) in [7, 11) is 0.0542. The van der Waals surface area contributed by atoms with Crippen LogP contribution in [0.2, 0.25) is 6.32 Å². The Kier molecular flexibility index (Phi) is 8.44. The van der Waals surface area contributed by atoms with E-state index in [2.05, 4.69) is 32.1 Å². The molecular weight excluding hydrogens is 533 g/mol. The number of methoxy groups -OCH3 is 1. The third kappa shape index (κ3) is 5.43. The number of benzene rings is 2. The van der Waals surface area contributed by atoms with Gasteiger partial charge < -0.3 is 19.5 Å². The summed E-state index contributed by atoms with van der Waals surface area (Å²) in [6.45, 7) is 7.88. The Morgan fingerprint density at radius 3 is 2.40 bits per heavy atom. The molecule has 3 aliphatic rings. The standard InChI is InChI=1S/C33H38BNO7/c1-18(2)24-16-25-29(32(38)35(31(25)37)33(39)41-5)26-17-34(40)42-27(28(24)26)12-11-23(22-9-7-6-8-10-22)15-21-13-19(3)30(36)20(4)14-21/h6-10,13-15,18,25-27,29,36,40H,11-12,16-17H2,1-5H3/b23-15-/t25-,26+,27-,29-/m1/s1. The molecule has 2 saturated heterocycles. The van der Waals surface area contributed by atoms with Crippen molar-refractivity contribution in [3.8, 4) is 5.75 Å². The van der Waals surface area contributed by atoms with E-state index in [1.807, 2.05) is 44.2 Å². The van der Waals surface area contributed by atoms with E-state index in [1.54, 1.807) is 0 Å². The van der Waals surface area contributed by atoms with Crippen LogP contribution in [0, 0.1) is 37.5 Å². The fraction of sp³-hybridized carbons (Fsp3) is 0.424. The zero-order valence-electron chi connectivity index (χ0n) is 24.8. The number of aromatic hydroxyl groups is 1. The number of nitrogens with zero attached hydrogens (tertiary/aromatic N) is 1. The van der Waals surface area contributed by atoms with Crippen LogP contribution >= 0.6 is 0 Å². The number of fused-ring (bicyclic) bond motifs is 3. The minimum atomic E-state index is -1.10. The van der Waals surface area contributed by atoms with Gasteiger partial charge in [0, 0.05) is 0 Å². The molecule has 2 N–H and O–H groups in total. The Morgan fingerprint density at radius 1 is 1.12 bits per heavy atom. The van der Waals surface area contributed by atoms with Gasteiger partial charge in [0.2, 0.25) is 11.8 Å². The number of rotatable bonds is 6. The molecule has 0 bridgehead atoms. The molecule has 2 aromatic carbocycles. The summed E-state index contributed by atoms with van der Waals surface area (Å²) in [4.78, 5) is 39.7. The molecule has 0 spiro atoms. The van der Waals surface area contributed by atoms with Crippen LogP contribution in [-0.4, -0.2) is 53.3 Å². The van der Waals surface area contributed by atoms with E-state index in [4.69, 9.17) is 9.39 Å². The molecule has 2 aliphatic heterocycles. The number of hydrogen-bond donors (Lipinski definition) is 2. The van der Waals surface area contributed by atoms with E-state index in [0.717, 1.165) is 46.1 Å². The number of aryl methyl sites for hydroxylation is 2. The molecule has 9 heteroatoms. The summed E-state index contributed by atoms with van der Waals surface area (Å²) < 4.78 is 10.9. The number of carbonyl (C=O) groups is 3. The molecule has 8 nitrogen and oxygen atoms in total. The summed E-state index contributed by atoms with van der Waals surface area (Å²) in [6.07, 6.45) is 2.43. The first-order valence-corrected chi connectivity index (χ1v) is 14.6. The molecular formula is C33H38BNO7. The smallest absolute Gasteiger partial charge is 0.455 e. The second-order valence-corrected chi connectivity index (χ2v) is 12.0. The maximum atomic E-state index is 13.5. The van der Waals surface area contributed by atoms with Crippen LogP contribution in [-0.2, 0) is 19.0 Å². The Hall–Kier alpha value is -3.69. The number of allylic oxidation sites excluding steroid dienone is 2. The summed E-state index contributed by atoms with van der Waals surface area (Å²) in [5, 5.41) is 21.1. The number of carbonyl (C=O) groups excluding carboxylic acids is 3. The number of phenols is 1. The van der Waals surface area contributed by atoms with E-state index < -0.39 is 48.9 Å². The van der Waals surface area contributed by atoms with Crippen molar-refractivity contribution in [1.29, 1.82) is 0 Å². The molecule has 4 atom stereocenters. The van der Waals surface area contributed by atoms with Gasteiger partial charge in [0.25, 0.3) is 0 Å². The SMILES string of the molecule is COC(=O)N1C(=O)[C@@H]2[C@@H](CC(C(C)C)=C3[C@@H](CC/C(=C/c4cc(C)c(O)c(C)c4)c4ccccc4)OB(O)C[C@@H]32)C1=O. The van der Waals surface area contributed by atoms with Crippen LogP contribution in [0.15, 0.2) is 53.6 Å². The van der Waals surface area contributed by atoms with Gasteiger partial charge in [-0.25, -0.2) is 4.79 Å². The Labute approximate surface area is 247 Å². The molecule has 2 fully saturated rings. The first kappa shape index (κ1) is 29.8. The molecule has 0 saturated carbocycles. The highest BCUT2D eigenvalue weighted by molar-refractivity contribution is 6.43. The minimum absolute atomic E-state index is 0.0898. The molecule has 42 heavy (non-hydrogen) atoms. The third-order valence-corrected chi connectivity index (χ3v) is 8.97. The molecule has 1 aliphatic carbocycles. The monoisotopic (exact) mass is 571 g/mol. The summed E-state index contributed by atoms with van der Waals surface area (Å²) in [5.41, 5.74) is 6.75. The van der Waals surface area contributed by atoms with Gasteiger partial charge in [0.05, 0.1) is 25.0 Å². The number of hydrogen-bond acceptors (Lipinski definition) is 7. The topological polar surface area (TPSA) is 113 Å². The highest BCUT2D eigenvalue weighted by Crippen LogP contribution is 2.52. The van der Waals surface area contributed by atoms with Gasteiger partial charge in [0.15, 0.2) is 0 Å². The van der Waals surface area contributed by atoms with Crippen LogP contribution < -0.4 is 0 Å². The number of ether oxygens (including phenoxy) is 1. The van der Waals surface area contributed by atoms with Crippen molar-refractivity contribution < 1.29 is 33.9 Å². The highest BCUT2D eigenvalue weighted by Gasteiger charge is 2.59. The van der Waals surface area contributed by atoms with Crippen molar-refractivity contribution in [2.45, 2.75) is 59.4 Å². The second kappa shape index (κ2) is 11.9. The second-order valence-electron chi connectivity index (χ2n) is 12.0. The molecule has 2 heterocycles. The predicted molar refractivity (Wildman–Crippen MR) is 160 cm³/mol. The van der Waals surface area contributed by atoms with Crippen molar-refractivity contribution in [2.75, 3.05) is 7.11 Å². The molecule has 2 aromatic rings. The van der Waals surface area contributed by atoms with Gasteiger partial charge in [-0.1, -0.05) is 55.8 Å². The summed E-state index contributed by atoms with van der Waals surface area (Å²) in [6, 6.07) is 14.0. The number of imide groups is 3. The lowest BCUT2D eigenvalue weighted by Gasteiger charge is -2.44. The zero-order chi connectivity index (χ0) is 30.3. The average molecular weight is 571 g/mol. The van der Waals surface area contributed by atoms with E-state index in [0.29, 0.717) is 29.9 Å². The quantitative estimate of drug-likeness (QED) is 0.202. The molecule has 5 rings (SSSR count). The average Bonchev–Trinajstić information content (AvgIpc) is 3.22. The molecule has 0 radical (unpaired) electrons. The third-order valence-electron chi connectivity index (χ3n) is 8.97. The van der Waals surface area contributed by atoms with Crippen LogP contribution in [0.1, 0.15) is 55.4 Å². The van der Waals surface area contributed by atoms with Gasteiger partial charge in [0.1, 0.15) is 5.75 Å². The van der Waals surface area contributed by atoms with Crippen LogP contribution in [0.3, 0.4) is 0 Å². The van der Waals surface area contributed by atoms with Gasteiger partial charge in [-0.3, -0.25) is 9.59 Å². The maximum Gasteiger partial charge on any atom is 0.455 e. The lowest BCUT2D eigenvalue weighted by Crippen LogP contribution is -2.46. The predicted octanol–water partition coefficient (Wildman–Crippen LogP) is 5.55. The number of likely N-dealkylation sites (tertiary alicyclic amines) is 1. The maximum absolute atomic E-state index is 13.5. The molecule has 220 valence electrons. The van der Waals surface area contributed by atoms with Gasteiger partial charge in [-0.05, 0) is 96.8 Å². The summed E-state index contributed by atoms with van der Waals surface area (Å²) in [5.74, 6) is -2.51. The van der Waals surface area contributed by atoms with Crippen molar-refractivity contribution in [1.82, 2.24) is 4.90 Å². The fourth-order valence-electron chi connectivity index (χ4n) is 7.03. The number of phenolic OH excluding ortho intramolecular Hbond substituents is 1. The van der Waals surface area contributed by atoms with E-state index in [-0.39, 0.29) is 12.2 Å². The summed E-state index contributed by atoms with van der Waals surface area (Å²) >= 11 is 0. The first-order valence-electron chi connectivity index (χ1n) is 14.6. The lowest BCUT2D eigenvalue weighted by molar-refractivity contribution is -0.137.